The molecule has 1 heterocycles. The molecule has 0 amide bonds. The van der Waals surface area contributed by atoms with Crippen molar-refractivity contribution in [2.45, 2.75) is 52.6 Å². The van der Waals surface area contributed by atoms with Crippen LogP contribution in [0.3, 0.4) is 0 Å². The third-order valence-corrected chi connectivity index (χ3v) is 8.45. The van der Waals surface area contributed by atoms with Crippen molar-refractivity contribution in [1.82, 2.24) is 9.80 Å². The van der Waals surface area contributed by atoms with E-state index in [2.05, 4.69) is 66.1 Å². The minimum Gasteiger partial charge on any atom is -0.393 e. The van der Waals surface area contributed by atoms with Crippen molar-refractivity contribution in [3.05, 3.63) is 35.9 Å². The molecular weight excluding hydrogens is 445 g/mol. The van der Waals surface area contributed by atoms with Crippen molar-refractivity contribution in [3.63, 3.8) is 0 Å². The third kappa shape index (κ3) is 5.79. The molecule has 1 N–H and O–H groups in total. The maximum Gasteiger partial charge on any atom is 0.144 e. The minimum absolute atomic E-state index is 0. The van der Waals surface area contributed by atoms with Gasteiger partial charge in [-0.1, -0.05) is 56.3 Å². The Kier molecular flexibility index (Phi) is 9.87. The van der Waals surface area contributed by atoms with E-state index in [0.29, 0.717) is 18.6 Å². The molecule has 32 heavy (non-hydrogen) atoms. The third-order valence-electron chi connectivity index (χ3n) is 8.45. The number of halogens is 2. The normalized spacial score (nSPS) is 29.4. The average Bonchev–Trinajstić information content (AvgIpc) is 3.08. The zero-order chi connectivity index (χ0) is 21.2. The fourth-order valence-electron chi connectivity index (χ4n) is 5.75. The lowest BCUT2D eigenvalue weighted by Crippen LogP contribution is -2.49. The number of rotatable bonds is 8. The Hall–Kier alpha value is -0.850. The maximum atomic E-state index is 10.4. The van der Waals surface area contributed by atoms with E-state index in [-0.39, 0.29) is 30.2 Å². The molecule has 3 fully saturated rings. The second kappa shape index (κ2) is 11.5. The van der Waals surface area contributed by atoms with Crippen molar-refractivity contribution in [1.29, 1.82) is 0 Å². The van der Waals surface area contributed by atoms with E-state index in [4.69, 9.17) is 4.84 Å². The fraction of sp³-hybridized carbons (Fsp3) is 0.720. The van der Waals surface area contributed by atoms with Crippen LogP contribution in [0.15, 0.2) is 35.5 Å². The first kappa shape index (κ1) is 27.4. The number of nitrogens with zero attached hydrogens (tertiary/aromatic N) is 3. The molecular formula is C25H41Cl2N3O2. The van der Waals surface area contributed by atoms with Gasteiger partial charge in [0, 0.05) is 44.7 Å². The summed E-state index contributed by atoms with van der Waals surface area (Å²) in [5.74, 6) is 0.730. The zero-order valence-corrected chi connectivity index (χ0v) is 21.5. The summed E-state index contributed by atoms with van der Waals surface area (Å²) in [6.45, 7) is 13.3. The van der Waals surface area contributed by atoms with Crippen LogP contribution >= 0.6 is 24.8 Å². The van der Waals surface area contributed by atoms with E-state index in [1.807, 2.05) is 0 Å². The predicted octanol–water partition coefficient (Wildman–Crippen LogP) is 4.27. The lowest BCUT2D eigenvalue weighted by molar-refractivity contribution is 0.00795. The standard InChI is InChI=1S/C25H39N3O2.2ClH/c1-24(2)21-9-11-25(24,3)23(17-21)26-30-19-22(29)18-28-15-13-27(14-16-28)12-10-20-7-5-4-6-8-20;;/h4-8,21-22,29H,9-19H2,1-3H3;2*1H/b26-23+;;. The summed E-state index contributed by atoms with van der Waals surface area (Å²) in [5.41, 5.74) is 3.09. The summed E-state index contributed by atoms with van der Waals surface area (Å²) < 4.78 is 0. The Bertz CT molecular complexity index is 738. The SMILES string of the molecule is CC12CCC(C/C1=N\OCC(O)CN1CCN(CCc3ccccc3)CC1)C2(C)C.Cl.Cl. The Morgan fingerprint density at radius 2 is 1.72 bits per heavy atom. The highest BCUT2D eigenvalue weighted by molar-refractivity contribution is 5.93. The largest absolute Gasteiger partial charge is 0.393 e. The summed E-state index contributed by atoms with van der Waals surface area (Å²) in [6.07, 6.45) is 4.20. The van der Waals surface area contributed by atoms with Gasteiger partial charge in [0.25, 0.3) is 0 Å². The zero-order valence-electron chi connectivity index (χ0n) is 19.8. The Morgan fingerprint density at radius 1 is 1.06 bits per heavy atom. The van der Waals surface area contributed by atoms with Gasteiger partial charge in [0.2, 0.25) is 0 Å². The number of piperazine rings is 1. The van der Waals surface area contributed by atoms with Crippen molar-refractivity contribution < 1.29 is 9.94 Å². The van der Waals surface area contributed by atoms with E-state index >= 15 is 0 Å². The molecule has 182 valence electrons. The predicted molar refractivity (Wildman–Crippen MR) is 136 cm³/mol. The summed E-state index contributed by atoms with van der Waals surface area (Å²) >= 11 is 0. The minimum atomic E-state index is -0.482. The molecule has 0 aromatic heterocycles. The molecule has 2 saturated carbocycles. The van der Waals surface area contributed by atoms with E-state index in [9.17, 15) is 5.11 Å². The maximum absolute atomic E-state index is 10.4. The molecule has 5 nitrogen and oxygen atoms in total. The van der Waals surface area contributed by atoms with Gasteiger partial charge < -0.3 is 14.8 Å². The van der Waals surface area contributed by atoms with Crippen molar-refractivity contribution >= 4 is 30.5 Å². The van der Waals surface area contributed by atoms with Crippen LogP contribution in [0, 0.1) is 16.7 Å². The van der Waals surface area contributed by atoms with Crippen LogP contribution in [0.5, 0.6) is 0 Å². The number of hydrogen-bond acceptors (Lipinski definition) is 5. The number of hydrogen-bond donors (Lipinski definition) is 1. The monoisotopic (exact) mass is 485 g/mol. The number of benzene rings is 1. The second-order valence-electron chi connectivity index (χ2n) is 10.4. The highest BCUT2D eigenvalue weighted by atomic mass is 35.5. The average molecular weight is 487 g/mol. The Labute approximate surface area is 206 Å². The molecule has 3 aliphatic rings. The van der Waals surface area contributed by atoms with Gasteiger partial charge >= 0.3 is 0 Å². The molecule has 1 saturated heterocycles. The Morgan fingerprint density at radius 3 is 2.31 bits per heavy atom. The van der Waals surface area contributed by atoms with E-state index in [1.165, 1.54) is 24.1 Å². The summed E-state index contributed by atoms with van der Waals surface area (Å²) in [4.78, 5) is 10.5. The lowest BCUT2D eigenvalue weighted by Gasteiger charge is -2.35. The molecule has 1 aliphatic heterocycles. The number of β-amino-alcohol motifs (C(OH)–C–C–N with tert-alkyl or cyclic N) is 1. The van der Waals surface area contributed by atoms with Gasteiger partial charge in [-0.15, -0.1) is 24.8 Å². The first-order valence-electron chi connectivity index (χ1n) is 11.7. The number of aliphatic hydroxyl groups is 1. The van der Waals surface area contributed by atoms with Crippen LogP contribution in [-0.4, -0.2) is 72.6 Å². The van der Waals surface area contributed by atoms with Gasteiger partial charge in [-0.25, -0.2) is 0 Å². The lowest BCUT2D eigenvalue weighted by atomic mass is 9.70. The molecule has 2 aliphatic carbocycles. The molecule has 3 atom stereocenters. The molecule has 4 rings (SSSR count). The Balaban J connectivity index is 0.00000181. The van der Waals surface area contributed by atoms with Crippen LogP contribution in [0.1, 0.15) is 45.6 Å². The number of fused-ring (bicyclic) bond motifs is 2. The summed E-state index contributed by atoms with van der Waals surface area (Å²) in [6, 6.07) is 10.7. The van der Waals surface area contributed by atoms with E-state index in [1.54, 1.807) is 0 Å². The van der Waals surface area contributed by atoms with Crippen molar-refractivity contribution in [3.8, 4) is 0 Å². The molecule has 0 spiro atoms. The van der Waals surface area contributed by atoms with Crippen LogP contribution in [0.4, 0.5) is 0 Å². The second-order valence-corrected chi connectivity index (χ2v) is 10.4. The van der Waals surface area contributed by atoms with Gasteiger partial charge in [-0.3, -0.25) is 4.90 Å². The van der Waals surface area contributed by atoms with Gasteiger partial charge in [-0.05, 0) is 42.6 Å². The molecule has 7 heteroatoms. The smallest absolute Gasteiger partial charge is 0.144 e. The fourth-order valence-corrected chi connectivity index (χ4v) is 5.75. The molecule has 2 bridgehead atoms. The van der Waals surface area contributed by atoms with Crippen molar-refractivity contribution in [2.75, 3.05) is 45.9 Å². The quantitative estimate of drug-likeness (QED) is 0.558. The van der Waals surface area contributed by atoms with E-state index in [0.717, 1.165) is 51.5 Å². The number of aliphatic hydroxyl groups excluding tert-OH is 1. The van der Waals surface area contributed by atoms with Crippen LogP contribution < -0.4 is 0 Å². The molecule has 1 aromatic rings. The first-order valence-corrected chi connectivity index (χ1v) is 11.7. The van der Waals surface area contributed by atoms with E-state index < -0.39 is 6.10 Å². The molecule has 3 unspecified atom stereocenters. The topological polar surface area (TPSA) is 48.3 Å². The number of oxime groups is 1. The highest BCUT2D eigenvalue weighted by Gasteiger charge is 2.60. The molecule has 1 aromatic carbocycles. The van der Waals surface area contributed by atoms with Crippen LogP contribution in [0.2, 0.25) is 0 Å². The van der Waals surface area contributed by atoms with Crippen molar-refractivity contribution in [2.24, 2.45) is 21.9 Å². The van der Waals surface area contributed by atoms with Crippen LogP contribution in [0.25, 0.3) is 0 Å². The van der Waals surface area contributed by atoms with Gasteiger partial charge in [0.15, 0.2) is 0 Å². The first-order chi connectivity index (χ1) is 14.4. The summed E-state index contributed by atoms with van der Waals surface area (Å²) in [5, 5.41) is 14.9. The summed E-state index contributed by atoms with van der Waals surface area (Å²) in [7, 11) is 0. The highest BCUT2D eigenvalue weighted by Crippen LogP contribution is 2.63. The van der Waals surface area contributed by atoms with Gasteiger partial charge in [0.1, 0.15) is 12.7 Å². The van der Waals surface area contributed by atoms with Gasteiger partial charge in [0.05, 0.1) is 5.71 Å². The molecule has 0 radical (unpaired) electrons. The van der Waals surface area contributed by atoms with Gasteiger partial charge in [-0.2, -0.15) is 0 Å². The van der Waals surface area contributed by atoms with Crippen LogP contribution in [-0.2, 0) is 11.3 Å².